The zero-order valence-electron chi connectivity index (χ0n) is 23.5. The number of benzene rings is 1. The van der Waals surface area contributed by atoms with Gasteiger partial charge in [0.15, 0.2) is 0 Å². The number of para-hydroxylation sites is 1. The number of unbranched alkanes of at least 4 members (excludes halogenated alkanes) is 1. The Bertz CT molecular complexity index is 1200. The van der Waals surface area contributed by atoms with Gasteiger partial charge in [-0.1, -0.05) is 58.6 Å². The van der Waals surface area contributed by atoms with Crippen LogP contribution in [0.4, 0.5) is 5.82 Å². The molecule has 0 unspecified atom stereocenters. The molecule has 4 rings (SSSR count). The molecule has 1 N–H and O–H groups in total. The summed E-state index contributed by atoms with van der Waals surface area (Å²) in [6.45, 7) is 7.12. The van der Waals surface area contributed by atoms with E-state index in [1.165, 1.54) is 38.5 Å². The summed E-state index contributed by atoms with van der Waals surface area (Å²) in [5, 5.41) is 8.81. The highest BCUT2D eigenvalue weighted by molar-refractivity contribution is 5.92. The normalized spacial score (nSPS) is 18.2. The predicted molar refractivity (Wildman–Crippen MR) is 151 cm³/mol. The van der Waals surface area contributed by atoms with Crippen molar-refractivity contribution in [1.29, 1.82) is 0 Å². The smallest absolute Gasteiger partial charge is 0.269 e. The number of aryl methyl sites for hydroxylation is 2. The second-order valence-electron chi connectivity index (χ2n) is 12.0. The van der Waals surface area contributed by atoms with Crippen LogP contribution in [0.15, 0.2) is 30.3 Å². The van der Waals surface area contributed by atoms with Crippen LogP contribution in [0.1, 0.15) is 87.7 Å². The lowest BCUT2D eigenvalue weighted by atomic mass is 9.79. The molecular formula is C30H44N6O. The Hall–Kier alpha value is -2.96. The number of anilines is 1. The summed E-state index contributed by atoms with van der Waals surface area (Å²) in [6.07, 6.45) is 9.47. The SMILES string of the molecule is CN(C)c1nc(CCCCC2CCC(CNC(=O)c3cc(C(C)(C)C)nn3C)CC2)nc2ccccc12. The highest BCUT2D eigenvalue weighted by atomic mass is 16.2. The van der Waals surface area contributed by atoms with Gasteiger partial charge in [-0.25, -0.2) is 9.97 Å². The fraction of sp³-hybridized carbons (Fsp3) is 0.600. The third-order valence-electron chi connectivity index (χ3n) is 7.71. The van der Waals surface area contributed by atoms with Crippen molar-refractivity contribution in [1.82, 2.24) is 25.1 Å². The van der Waals surface area contributed by atoms with E-state index in [1.807, 2.05) is 39.3 Å². The van der Waals surface area contributed by atoms with Crippen LogP contribution < -0.4 is 10.2 Å². The zero-order valence-corrected chi connectivity index (χ0v) is 23.5. The summed E-state index contributed by atoms with van der Waals surface area (Å²) in [5.41, 5.74) is 2.56. The van der Waals surface area contributed by atoms with Crippen LogP contribution in [0.3, 0.4) is 0 Å². The first kappa shape index (κ1) is 27.1. The van der Waals surface area contributed by atoms with E-state index in [0.29, 0.717) is 11.6 Å². The van der Waals surface area contributed by atoms with Gasteiger partial charge in [0, 0.05) is 44.9 Å². The van der Waals surface area contributed by atoms with Crippen molar-refractivity contribution in [2.75, 3.05) is 25.5 Å². The minimum atomic E-state index is -0.0632. The fourth-order valence-electron chi connectivity index (χ4n) is 5.37. The summed E-state index contributed by atoms with van der Waals surface area (Å²) < 4.78 is 1.71. The van der Waals surface area contributed by atoms with E-state index < -0.39 is 0 Å². The summed E-state index contributed by atoms with van der Waals surface area (Å²) in [6, 6.07) is 10.2. The van der Waals surface area contributed by atoms with Crippen molar-refractivity contribution in [3.8, 4) is 0 Å². The van der Waals surface area contributed by atoms with Gasteiger partial charge >= 0.3 is 0 Å². The number of amides is 1. The van der Waals surface area contributed by atoms with E-state index in [9.17, 15) is 4.79 Å². The van der Waals surface area contributed by atoms with E-state index in [2.05, 4.69) is 48.2 Å². The van der Waals surface area contributed by atoms with Crippen molar-refractivity contribution in [2.45, 2.75) is 77.6 Å². The van der Waals surface area contributed by atoms with Gasteiger partial charge in [-0.3, -0.25) is 9.48 Å². The van der Waals surface area contributed by atoms with E-state index in [-0.39, 0.29) is 11.3 Å². The maximum atomic E-state index is 12.7. The number of rotatable bonds is 9. The summed E-state index contributed by atoms with van der Waals surface area (Å²) in [7, 11) is 5.94. The molecule has 1 saturated carbocycles. The maximum Gasteiger partial charge on any atom is 0.269 e. The van der Waals surface area contributed by atoms with Crippen LogP contribution in [0.25, 0.3) is 10.9 Å². The summed E-state index contributed by atoms with van der Waals surface area (Å²) in [5.74, 6) is 3.31. The molecule has 7 heteroatoms. The van der Waals surface area contributed by atoms with E-state index in [1.54, 1.807) is 4.68 Å². The molecule has 200 valence electrons. The number of carbonyl (C=O) groups is 1. The molecular weight excluding hydrogens is 460 g/mol. The minimum Gasteiger partial charge on any atom is -0.362 e. The topological polar surface area (TPSA) is 75.9 Å². The first-order valence-corrected chi connectivity index (χ1v) is 13.9. The van der Waals surface area contributed by atoms with Gasteiger partial charge in [0.25, 0.3) is 5.91 Å². The van der Waals surface area contributed by atoms with Crippen LogP contribution in [-0.2, 0) is 18.9 Å². The predicted octanol–water partition coefficient (Wildman–Crippen LogP) is 5.68. The van der Waals surface area contributed by atoms with E-state index in [0.717, 1.165) is 53.5 Å². The van der Waals surface area contributed by atoms with Gasteiger partial charge < -0.3 is 10.2 Å². The Morgan fingerprint density at radius 2 is 1.76 bits per heavy atom. The minimum absolute atomic E-state index is 0.0130. The van der Waals surface area contributed by atoms with Crippen LogP contribution >= 0.6 is 0 Å². The average Bonchev–Trinajstić information content (AvgIpc) is 3.27. The molecule has 2 aromatic heterocycles. The van der Waals surface area contributed by atoms with Gasteiger partial charge in [0.2, 0.25) is 0 Å². The Labute approximate surface area is 222 Å². The van der Waals surface area contributed by atoms with Crippen molar-refractivity contribution >= 4 is 22.6 Å². The standard InChI is InChI=1S/C30H44N6O/c1-30(2,3)26-19-25(36(6)34-26)29(37)31-20-22-17-15-21(16-18-22)11-7-10-14-27-32-24-13-9-8-12-23(24)28(33-27)35(4)5/h8-9,12-13,19,21-22H,7,10-11,14-18,20H2,1-6H3,(H,31,37). The number of fused-ring (bicyclic) bond motifs is 1. The monoisotopic (exact) mass is 504 g/mol. The Morgan fingerprint density at radius 3 is 2.43 bits per heavy atom. The van der Waals surface area contributed by atoms with Crippen molar-refractivity contribution in [3.63, 3.8) is 0 Å². The quantitative estimate of drug-likeness (QED) is 0.380. The Morgan fingerprint density at radius 1 is 1.05 bits per heavy atom. The Kier molecular flexibility index (Phi) is 8.50. The van der Waals surface area contributed by atoms with Crippen molar-refractivity contribution in [2.24, 2.45) is 18.9 Å². The summed E-state index contributed by atoms with van der Waals surface area (Å²) in [4.78, 5) is 24.5. The average molecular weight is 505 g/mol. The number of carbonyl (C=O) groups excluding carboxylic acids is 1. The van der Waals surface area contributed by atoms with E-state index >= 15 is 0 Å². The molecule has 0 radical (unpaired) electrons. The van der Waals surface area contributed by atoms with E-state index in [4.69, 9.17) is 9.97 Å². The Balaban J connectivity index is 1.18. The molecule has 0 atom stereocenters. The van der Waals surface area contributed by atoms with Crippen LogP contribution in [0.5, 0.6) is 0 Å². The lowest BCUT2D eigenvalue weighted by Gasteiger charge is -2.28. The second-order valence-corrected chi connectivity index (χ2v) is 12.0. The molecule has 3 aromatic rings. The van der Waals surface area contributed by atoms with Crippen LogP contribution in [-0.4, -0.2) is 46.3 Å². The number of nitrogens with one attached hydrogen (secondary N) is 1. The largest absolute Gasteiger partial charge is 0.362 e. The van der Waals surface area contributed by atoms with Crippen LogP contribution in [0, 0.1) is 11.8 Å². The zero-order chi connectivity index (χ0) is 26.6. The molecule has 2 heterocycles. The van der Waals surface area contributed by atoms with Gasteiger partial charge in [0.1, 0.15) is 17.3 Å². The fourth-order valence-corrected chi connectivity index (χ4v) is 5.37. The molecule has 0 spiro atoms. The maximum absolute atomic E-state index is 12.7. The highest BCUT2D eigenvalue weighted by Gasteiger charge is 2.24. The molecule has 7 nitrogen and oxygen atoms in total. The third-order valence-corrected chi connectivity index (χ3v) is 7.71. The molecule has 0 bridgehead atoms. The van der Waals surface area contributed by atoms with Crippen LogP contribution in [0.2, 0.25) is 0 Å². The molecule has 1 amide bonds. The van der Waals surface area contributed by atoms with Crippen molar-refractivity contribution in [3.05, 3.63) is 47.5 Å². The number of nitrogens with zero attached hydrogens (tertiary/aromatic N) is 5. The van der Waals surface area contributed by atoms with Gasteiger partial charge in [-0.05, 0) is 49.3 Å². The lowest BCUT2D eigenvalue weighted by Crippen LogP contribution is -2.32. The lowest BCUT2D eigenvalue weighted by molar-refractivity contribution is 0.0931. The first-order valence-electron chi connectivity index (χ1n) is 13.9. The molecule has 1 fully saturated rings. The van der Waals surface area contributed by atoms with Gasteiger partial charge in [0.05, 0.1) is 11.2 Å². The second kappa shape index (κ2) is 11.6. The molecule has 37 heavy (non-hydrogen) atoms. The molecule has 0 aliphatic heterocycles. The summed E-state index contributed by atoms with van der Waals surface area (Å²) >= 11 is 0. The number of hydrogen-bond donors (Lipinski definition) is 1. The number of hydrogen-bond acceptors (Lipinski definition) is 5. The molecule has 1 aromatic carbocycles. The van der Waals surface area contributed by atoms with Gasteiger partial charge in [-0.15, -0.1) is 0 Å². The van der Waals surface area contributed by atoms with Gasteiger partial charge in [-0.2, -0.15) is 5.10 Å². The molecule has 0 saturated heterocycles. The highest BCUT2D eigenvalue weighted by Crippen LogP contribution is 2.32. The molecule has 1 aliphatic rings. The molecule has 1 aliphatic carbocycles. The van der Waals surface area contributed by atoms with Crippen molar-refractivity contribution < 1.29 is 4.79 Å². The first-order chi connectivity index (χ1) is 17.6. The third kappa shape index (κ3) is 6.88. The number of aromatic nitrogens is 4.